The van der Waals surface area contributed by atoms with Crippen LogP contribution in [-0.2, 0) is 17.5 Å². The number of nitrogens with one attached hydrogen (secondary N) is 2. The van der Waals surface area contributed by atoms with E-state index in [1.807, 2.05) is 0 Å². The van der Waals surface area contributed by atoms with Crippen molar-refractivity contribution >= 4 is 5.91 Å². The van der Waals surface area contributed by atoms with Crippen LogP contribution in [0.15, 0.2) is 47.4 Å². The molecule has 1 aromatic carbocycles. The Morgan fingerprint density at radius 1 is 1.29 bits per heavy atom. The highest BCUT2D eigenvalue weighted by Gasteiger charge is 2.34. The molecule has 0 saturated heterocycles. The van der Waals surface area contributed by atoms with Crippen molar-refractivity contribution in [1.29, 1.82) is 0 Å². The molecule has 0 fully saturated rings. The summed E-state index contributed by atoms with van der Waals surface area (Å²) >= 11 is 0. The Bertz CT molecular complexity index is 771. The average molecular weight is 340 g/mol. The second-order valence-electron chi connectivity index (χ2n) is 5.03. The topological polar surface area (TPSA) is 71.2 Å². The monoisotopic (exact) mass is 340 g/mol. The van der Waals surface area contributed by atoms with Crippen LogP contribution in [0, 0.1) is 0 Å². The van der Waals surface area contributed by atoms with E-state index < -0.39 is 29.5 Å². The summed E-state index contributed by atoms with van der Waals surface area (Å²) in [7, 11) is 0. The van der Waals surface area contributed by atoms with E-state index in [0.717, 1.165) is 12.1 Å². The van der Waals surface area contributed by atoms with Crippen molar-refractivity contribution in [3.8, 4) is 5.75 Å². The molecule has 0 aliphatic heterocycles. The third kappa shape index (κ3) is 4.61. The first-order valence-corrected chi connectivity index (χ1v) is 7.05. The Balaban J connectivity index is 2.01. The van der Waals surface area contributed by atoms with Gasteiger partial charge < -0.3 is 15.0 Å². The molecule has 1 amide bonds. The Kier molecular flexibility index (Phi) is 5.28. The van der Waals surface area contributed by atoms with Crippen molar-refractivity contribution in [2.24, 2.45) is 0 Å². The van der Waals surface area contributed by atoms with E-state index in [2.05, 4.69) is 10.3 Å². The van der Waals surface area contributed by atoms with Gasteiger partial charge in [0.25, 0.3) is 5.91 Å². The molecule has 1 heterocycles. The van der Waals surface area contributed by atoms with Gasteiger partial charge in [0.15, 0.2) is 6.10 Å². The predicted molar refractivity (Wildman–Crippen MR) is 80.4 cm³/mol. The van der Waals surface area contributed by atoms with Crippen LogP contribution in [0.25, 0.3) is 0 Å². The minimum atomic E-state index is -4.57. The number of hydrogen-bond acceptors (Lipinski definition) is 3. The maximum atomic E-state index is 12.9. The molecule has 0 bridgehead atoms. The van der Waals surface area contributed by atoms with Gasteiger partial charge in [-0.1, -0.05) is 12.1 Å². The lowest BCUT2D eigenvalue weighted by atomic mass is 10.2. The first kappa shape index (κ1) is 17.6. The molecular formula is C16H15F3N2O3. The van der Waals surface area contributed by atoms with Gasteiger partial charge in [-0.2, -0.15) is 13.2 Å². The Hall–Kier alpha value is -2.77. The number of aromatic nitrogens is 1. The summed E-state index contributed by atoms with van der Waals surface area (Å²) in [4.78, 5) is 25.5. The number of H-pyrrole nitrogens is 1. The molecule has 2 aromatic rings. The minimum Gasteiger partial charge on any atom is -0.480 e. The number of carbonyl (C=O) groups excluding carboxylic acids is 1. The zero-order chi connectivity index (χ0) is 17.7. The van der Waals surface area contributed by atoms with Crippen molar-refractivity contribution in [2.45, 2.75) is 25.7 Å². The summed E-state index contributed by atoms with van der Waals surface area (Å²) in [6.07, 6.45) is -4.27. The highest BCUT2D eigenvalue weighted by molar-refractivity contribution is 5.80. The molecule has 2 rings (SSSR count). The highest BCUT2D eigenvalue weighted by Crippen LogP contribution is 2.36. The minimum absolute atomic E-state index is 0.0668. The van der Waals surface area contributed by atoms with Crippen LogP contribution in [0.4, 0.5) is 13.2 Å². The van der Waals surface area contributed by atoms with Gasteiger partial charge in [-0.25, -0.2) is 0 Å². The van der Waals surface area contributed by atoms with E-state index in [1.165, 1.54) is 31.3 Å². The van der Waals surface area contributed by atoms with Crippen molar-refractivity contribution in [1.82, 2.24) is 10.3 Å². The van der Waals surface area contributed by atoms with Crippen LogP contribution in [0.3, 0.4) is 0 Å². The van der Waals surface area contributed by atoms with Crippen LogP contribution in [0.5, 0.6) is 5.75 Å². The van der Waals surface area contributed by atoms with Crippen molar-refractivity contribution < 1.29 is 22.7 Å². The first-order chi connectivity index (χ1) is 11.3. The number of hydrogen-bond donors (Lipinski definition) is 2. The molecule has 0 saturated carbocycles. The van der Waals surface area contributed by atoms with Crippen LogP contribution in [0.2, 0.25) is 0 Å². The van der Waals surface area contributed by atoms with Gasteiger partial charge >= 0.3 is 6.18 Å². The largest absolute Gasteiger partial charge is 0.480 e. The molecule has 8 heteroatoms. The SMILES string of the molecule is C[C@@H](Oc1ccccc1C(F)(F)F)C(=O)NCc1cc[nH]c(=O)c1. The number of benzene rings is 1. The van der Waals surface area contributed by atoms with Crippen LogP contribution in [-0.4, -0.2) is 17.0 Å². The Labute approximate surface area is 135 Å². The predicted octanol–water partition coefficient (Wildman–Crippen LogP) is 2.48. The molecule has 5 nitrogen and oxygen atoms in total. The summed E-state index contributed by atoms with van der Waals surface area (Å²) in [5.41, 5.74) is -0.695. The fourth-order valence-corrected chi connectivity index (χ4v) is 1.98. The Morgan fingerprint density at radius 2 is 2.00 bits per heavy atom. The average Bonchev–Trinajstić information content (AvgIpc) is 2.52. The molecule has 0 spiro atoms. The van der Waals surface area contributed by atoms with E-state index in [4.69, 9.17) is 4.74 Å². The zero-order valence-corrected chi connectivity index (χ0v) is 12.7. The number of para-hydroxylation sites is 1. The number of alkyl halides is 3. The number of carbonyl (C=O) groups is 1. The van der Waals surface area contributed by atoms with Gasteiger partial charge in [-0.05, 0) is 30.7 Å². The van der Waals surface area contributed by atoms with E-state index >= 15 is 0 Å². The van der Waals surface area contributed by atoms with Gasteiger partial charge in [-0.15, -0.1) is 0 Å². The van der Waals surface area contributed by atoms with Crippen molar-refractivity contribution in [2.75, 3.05) is 0 Å². The van der Waals surface area contributed by atoms with Crippen LogP contribution in [0.1, 0.15) is 18.1 Å². The van der Waals surface area contributed by atoms with Gasteiger partial charge in [0.05, 0.1) is 5.56 Å². The standard InChI is InChI=1S/C16H15F3N2O3/c1-10(15(23)21-9-11-6-7-20-14(22)8-11)24-13-5-3-2-4-12(13)16(17,18)19/h2-8,10H,9H2,1H3,(H,20,22)(H,21,23)/t10-/m1/s1. The maximum Gasteiger partial charge on any atom is 0.419 e. The third-order valence-electron chi connectivity index (χ3n) is 3.17. The van der Waals surface area contributed by atoms with Crippen LogP contribution >= 0.6 is 0 Å². The molecule has 128 valence electrons. The number of rotatable bonds is 5. The smallest absolute Gasteiger partial charge is 0.419 e. The normalized spacial score (nSPS) is 12.5. The molecule has 1 aromatic heterocycles. The van der Waals surface area contributed by atoms with Crippen LogP contribution < -0.4 is 15.6 Å². The van der Waals surface area contributed by atoms with Gasteiger partial charge in [0.2, 0.25) is 5.56 Å². The summed E-state index contributed by atoms with van der Waals surface area (Å²) in [5.74, 6) is -1.00. The molecule has 0 radical (unpaired) electrons. The fraction of sp³-hybridized carbons (Fsp3) is 0.250. The quantitative estimate of drug-likeness (QED) is 0.878. The second-order valence-corrected chi connectivity index (χ2v) is 5.03. The number of amides is 1. The molecule has 2 N–H and O–H groups in total. The fourth-order valence-electron chi connectivity index (χ4n) is 1.98. The van der Waals surface area contributed by atoms with E-state index in [-0.39, 0.29) is 12.1 Å². The van der Waals surface area contributed by atoms with Crippen molar-refractivity contribution in [3.05, 3.63) is 64.1 Å². The van der Waals surface area contributed by atoms with Gasteiger partial charge in [0.1, 0.15) is 5.75 Å². The lowest BCUT2D eigenvalue weighted by molar-refractivity contribution is -0.140. The van der Waals surface area contributed by atoms with E-state index in [9.17, 15) is 22.8 Å². The zero-order valence-electron chi connectivity index (χ0n) is 12.7. The third-order valence-corrected chi connectivity index (χ3v) is 3.17. The summed E-state index contributed by atoms with van der Waals surface area (Å²) in [5, 5.41) is 2.51. The Morgan fingerprint density at radius 3 is 2.67 bits per heavy atom. The van der Waals surface area contributed by atoms with Crippen molar-refractivity contribution in [3.63, 3.8) is 0 Å². The molecule has 0 aliphatic carbocycles. The second kappa shape index (κ2) is 7.20. The molecule has 0 unspecified atom stereocenters. The lowest BCUT2D eigenvalue weighted by Crippen LogP contribution is -2.36. The highest BCUT2D eigenvalue weighted by atomic mass is 19.4. The number of pyridine rings is 1. The van der Waals surface area contributed by atoms with Gasteiger partial charge in [-0.3, -0.25) is 9.59 Å². The van der Waals surface area contributed by atoms with Gasteiger partial charge in [0, 0.05) is 18.8 Å². The summed E-state index contributed by atoms with van der Waals surface area (Å²) < 4.78 is 43.8. The number of halogens is 3. The maximum absolute atomic E-state index is 12.9. The molecule has 24 heavy (non-hydrogen) atoms. The number of aromatic amines is 1. The van der Waals surface area contributed by atoms with E-state index in [1.54, 1.807) is 6.07 Å². The van der Waals surface area contributed by atoms with E-state index in [0.29, 0.717) is 5.56 Å². The number of ether oxygens (including phenoxy) is 1. The summed E-state index contributed by atoms with van der Waals surface area (Å²) in [6.45, 7) is 1.41. The molecule has 0 aliphatic rings. The first-order valence-electron chi connectivity index (χ1n) is 7.05. The summed E-state index contributed by atoms with van der Waals surface area (Å²) in [6, 6.07) is 7.59. The molecular weight excluding hydrogens is 325 g/mol. The lowest BCUT2D eigenvalue weighted by Gasteiger charge is -2.18. The molecule has 1 atom stereocenters.